The lowest BCUT2D eigenvalue weighted by Gasteiger charge is -2.48. The third kappa shape index (κ3) is 5.80. The average Bonchev–Trinajstić information content (AvgIpc) is 3.30. The number of aromatic hydroxyl groups is 1. The maximum Gasteiger partial charge on any atom is 0.290 e. The van der Waals surface area contributed by atoms with E-state index in [1.807, 2.05) is 13.1 Å². The fourth-order valence-corrected chi connectivity index (χ4v) is 5.03. The Hall–Kier alpha value is -4.19. The van der Waals surface area contributed by atoms with Crippen LogP contribution in [0.4, 0.5) is 5.95 Å². The summed E-state index contributed by atoms with van der Waals surface area (Å²) in [5.41, 5.74) is 3.25. The monoisotopic (exact) mass is 505 g/mol. The molecule has 12 heteroatoms. The lowest BCUT2D eigenvalue weighted by atomic mass is 9.79. The van der Waals surface area contributed by atoms with Gasteiger partial charge in [0.1, 0.15) is 22.5 Å². The van der Waals surface area contributed by atoms with Crippen molar-refractivity contribution in [3.8, 4) is 28.4 Å². The van der Waals surface area contributed by atoms with Gasteiger partial charge in [-0.05, 0) is 52.7 Å². The van der Waals surface area contributed by atoms with E-state index < -0.39 is 0 Å². The van der Waals surface area contributed by atoms with Crippen molar-refractivity contribution in [3.05, 3.63) is 36.8 Å². The number of H-pyrrole nitrogens is 1. The number of aromatic nitrogens is 7. The van der Waals surface area contributed by atoms with E-state index >= 15 is 0 Å². The van der Waals surface area contributed by atoms with Crippen LogP contribution in [0.5, 0.6) is 5.75 Å². The Kier molecular flexibility index (Phi) is 7.03. The van der Waals surface area contributed by atoms with Crippen LogP contribution >= 0.6 is 0 Å². The fraction of sp³-hybridized carbons (Fsp3) is 0.400. The first-order chi connectivity index (χ1) is 17.5. The molecule has 0 aliphatic carbocycles. The number of nitrogens with zero attached hydrogens (tertiary/aromatic N) is 7. The molecule has 4 N–H and O–H groups in total. The van der Waals surface area contributed by atoms with Gasteiger partial charge in [0, 0.05) is 35.3 Å². The van der Waals surface area contributed by atoms with Gasteiger partial charge in [-0.2, -0.15) is 5.10 Å². The Labute approximate surface area is 214 Å². The molecule has 1 aromatic carbocycles. The van der Waals surface area contributed by atoms with E-state index in [1.54, 1.807) is 30.7 Å². The van der Waals surface area contributed by atoms with E-state index in [0.29, 0.717) is 40.2 Å². The predicted octanol–water partition coefficient (Wildman–Crippen LogP) is 3.02. The molecule has 4 aromatic rings. The quantitative estimate of drug-likeness (QED) is 0.301. The van der Waals surface area contributed by atoms with Crippen LogP contribution in [0.2, 0.25) is 0 Å². The smallest absolute Gasteiger partial charge is 0.290 e. The molecule has 194 valence electrons. The number of piperidine rings is 1. The van der Waals surface area contributed by atoms with E-state index in [2.05, 4.69) is 73.3 Å². The summed E-state index contributed by atoms with van der Waals surface area (Å²) in [4.78, 5) is 23.9. The highest BCUT2D eigenvalue weighted by Gasteiger charge is 2.39. The highest BCUT2D eigenvalue weighted by Crippen LogP contribution is 2.34. The Morgan fingerprint density at radius 2 is 1.76 bits per heavy atom. The third-order valence-electron chi connectivity index (χ3n) is 6.30. The highest BCUT2D eigenvalue weighted by molar-refractivity contribution is 5.76. The Morgan fingerprint density at radius 1 is 1.05 bits per heavy atom. The molecule has 0 unspecified atom stereocenters. The number of anilines is 1. The van der Waals surface area contributed by atoms with Crippen molar-refractivity contribution in [2.75, 3.05) is 11.9 Å². The fourth-order valence-electron chi connectivity index (χ4n) is 5.03. The van der Waals surface area contributed by atoms with Crippen LogP contribution in [0.1, 0.15) is 40.5 Å². The van der Waals surface area contributed by atoms with Gasteiger partial charge in [0.25, 0.3) is 6.47 Å². The number of hydrogen-bond acceptors (Lipinski definition) is 10. The van der Waals surface area contributed by atoms with Crippen molar-refractivity contribution in [3.63, 3.8) is 0 Å². The summed E-state index contributed by atoms with van der Waals surface area (Å²) in [6, 6.07) is 5.54. The molecule has 5 rings (SSSR count). The number of carboxylic acid groups (broad SMARTS) is 1. The van der Waals surface area contributed by atoms with Gasteiger partial charge >= 0.3 is 0 Å². The zero-order valence-electron chi connectivity index (χ0n) is 21.5. The van der Waals surface area contributed by atoms with Crippen LogP contribution in [0.3, 0.4) is 0 Å². The van der Waals surface area contributed by atoms with Crippen LogP contribution in [0, 0.1) is 0 Å². The second kappa shape index (κ2) is 10.1. The van der Waals surface area contributed by atoms with E-state index in [1.165, 1.54) is 0 Å². The van der Waals surface area contributed by atoms with Crippen molar-refractivity contribution in [1.82, 2.24) is 40.7 Å². The molecule has 3 aromatic heterocycles. The van der Waals surface area contributed by atoms with Crippen molar-refractivity contribution in [2.45, 2.75) is 57.7 Å². The summed E-state index contributed by atoms with van der Waals surface area (Å²) in [6.07, 6.45) is 6.92. The maximum atomic E-state index is 10.7. The zero-order valence-corrected chi connectivity index (χ0v) is 21.5. The summed E-state index contributed by atoms with van der Waals surface area (Å²) in [6.45, 7) is 8.65. The molecule has 12 nitrogen and oxygen atoms in total. The lowest BCUT2D eigenvalue weighted by molar-refractivity contribution is -0.122. The Bertz CT molecular complexity index is 1370. The summed E-state index contributed by atoms with van der Waals surface area (Å²) in [5.74, 6) is 1.14. The average molecular weight is 506 g/mol. The first kappa shape index (κ1) is 25.9. The zero-order chi connectivity index (χ0) is 26.8. The molecular formula is C25H31N9O3. The van der Waals surface area contributed by atoms with E-state index in [0.717, 1.165) is 18.4 Å². The van der Waals surface area contributed by atoms with E-state index in [4.69, 9.17) is 9.90 Å². The molecule has 1 fully saturated rings. The van der Waals surface area contributed by atoms with Gasteiger partial charge in [-0.3, -0.25) is 9.89 Å². The number of phenols is 1. The van der Waals surface area contributed by atoms with Crippen LogP contribution in [-0.4, -0.2) is 76.2 Å². The van der Waals surface area contributed by atoms with Crippen molar-refractivity contribution in [2.24, 2.45) is 0 Å². The molecule has 0 saturated carbocycles. The molecule has 0 spiro atoms. The SMILES string of the molecule is CN(c1ncc(-c2ccc(-c3ncc4[nH]ncc4n3)cc2O)nn1)C1CC(C)(C)NC(C)(C)C1.O=CO. The summed E-state index contributed by atoms with van der Waals surface area (Å²) < 4.78 is 0. The largest absolute Gasteiger partial charge is 0.507 e. The molecule has 0 atom stereocenters. The number of phenolic OH excluding ortho intramolecular Hbond substituents is 1. The molecule has 1 aliphatic heterocycles. The standard InChI is InChI=1S/C24H29N9O.CH2O2/c1-23(2)9-15(10-24(3,4)32-23)33(5)22-26-11-17(30-31-22)16-7-6-14(8-20(16)34)21-25-12-19-18(28-21)13-27-29-19;2-1-3/h6-8,11-13,15,32,34H,9-10H2,1-5H3,(H,27,29);1H,(H,2,3). The van der Waals surface area contributed by atoms with Crippen molar-refractivity contribution < 1.29 is 15.0 Å². The van der Waals surface area contributed by atoms with Crippen LogP contribution in [0.25, 0.3) is 33.7 Å². The Balaban J connectivity index is 0.00000102. The third-order valence-corrected chi connectivity index (χ3v) is 6.30. The molecule has 4 heterocycles. The summed E-state index contributed by atoms with van der Waals surface area (Å²) >= 11 is 0. The number of fused-ring (bicyclic) bond motifs is 1. The topological polar surface area (TPSA) is 166 Å². The van der Waals surface area contributed by atoms with Gasteiger partial charge < -0.3 is 20.4 Å². The van der Waals surface area contributed by atoms with Gasteiger partial charge in [0.15, 0.2) is 5.82 Å². The molecule has 1 saturated heterocycles. The molecule has 1 aliphatic rings. The molecule has 37 heavy (non-hydrogen) atoms. The minimum Gasteiger partial charge on any atom is -0.507 e. The van der Waals surface area contributed by atoms with Crippen LogP contribution < -0.4 is 10.2 Å². The summed E-state index contributed by atoms with van der Waals surface area (Å²) in [5, 5.41) is 36.8. The number of hydrogen-bond donors (Lipinski definition) is 4. The molecule has 0 radical (unpaired) electrons. The van der Waals surface area contributed by atoms with Gasteiger partial charge in [0.05, 0.1) is 18.6 Å². The number of rotatable bonds is 4. The minimum absolute atomic E-state index is 0.0213. The first-order valence-corrected chi connectivity index (χ1v) is 11.8. The predicted molar refractivity (Wildman–Crippen MR) is 139 cm³/mol. The maximum absolute atomic E-state index is 10.7. The molecule has 0 amide bonds. The number of carbonyl (C=O) groups is 1. The van der Waals surface area contributed by atoms with Crippen molar-refractivity contribution in [1.29, 1.82) is 0 Å². The summed E-state index contributed by atoms with van der Waals surface area (Å²) in [7, 11) is 2.02. The van der Waals surface area contributed by atoms with Crippen molar-refractivity contribution >= 4 is 23.5 Å². The second-order valence-electron chi connectivity index (χ2n) is 10.4. The minimum atomic E-state index is -0.250. The van der Waals surface area contributed by atoms with Crippen LogP contribution in [0.15, 0.2) is 36.8 Å². The lowest BCUT2D eigenvalue weighted by Crippen LogP contribution is -2.62. The Morgan fingerprint density at radius 3 is 2.38 bits per heavy atom. The van der Waals surface area contributed by atoms with Gasteiger partial charge in [-0.15, -0.1) is 10.2 Å². The van der Waals surface area contributed by atoms with E-state index in [9.17, 15) is 5.11 Å². The first-order valence-electron chi connectivity index (χ1n) is 11.8. The molecule has 0 bridgehead atoms. The van der Waals surface area contributed by atoms with Crippen LogP contribution in [-0.2, 0) is 4.79 Å². The number of benzene rings is 1. The molecular weight excluding hydrogens is 474 g/mol. The second-order valence-corrected chi connectivity index (χ2v) is 10.4. The van der Waals surface area contributed by atoms with Gasteiger partial charge in [0.2, 0.25) is 5.95 Å². The van der Waals surface area contributed by atoms with Gasteiger partial charge in [-0.1, -0.05) is 6.07 Å². The number of nitrogens with one attached hydrogen (secondary N) is 2. The normalized spacial score (nSPS) is 16.6. The number of aromatic amines is 1. The van der Waals surface area contributed by atoms with Gasteiger partial charge in [-0.25, -0.2) is 15.0 Å². The highest BCUT2D eigenvalue weighted by atomic mass is 16.3. The van der Waals surface area contributed by atoms with E-state index in [-0.39, 0.29) is 23.3 Å².